The van der Waals surface area contributed by atoms with E-state index in [-0.39, 0.29) is 24.0 Å². The van der Waals surface area contributed by atoms with E-state index in [9.17, 15) is 13.2 Å². The molecule has 10 heteroatoms. The van der Waals surface area contributed by atoms with Crippen LogP contribution in [0.15, 0.2) is 23.2 Å². The molecule has 154 valence electrons. The lowest BCUT2D eigenvalue weighted by atomic mass is 10.2. The Morgan fingerprint density at radius 3 is 2.44 bits per heavy atom. The van der Waals surface area contributed by atoms with E-state index in [2.05, 4.69) is 10.3 Å². The molecule has 1 aliphatic heterocycles. The van der Waals surface area contributed by atoms with Gasteiger partial charge in [0, 0.05) is 50.4 Å². The van der Waals surface area contributed by atoms with Crippen LogP contribution in [-0.4, -0.2) is 68.3 Å². The minimum absolute atomic E-state index is 0. The van der Waals surface area contributed by atoms with Gasteiger partial charge in [0.2, 0.25) is 0 Å². The first kappa shape index (κ1) is 24.1. The maximum absolute atomic E-state index is 12.9. The van der Waals surface area contributed by atoms with Crippen LogP contribution in [0.25, 0.3) is 0 Å². The summed E-state index contributed by atoms with van der Waals surface area (Å²) in [6, 6.07) is 3.95. The molecular weight excluding hydrogens is 496 g/mol. The van der Waals surface area contributed by atoms with Gasteiger partial charge in [0.1, 0.15) is 11.8 Å². The van der Waals surface area contributed by atoms with Crippen molar-refractivity contribution in [3.8, 4) is 5.75 Å². The summed E-state index contributed by atoms with van der Waals surface area (Å²) in [6.45, 7) is 3.33. The number of hydrogen-bond donors (Lipinski definition) is 1. The van der Waals surface area contributed by atoms with Gasteiger partial charge in [-0.3, -0.25) is 9.89 Å². The van der Waals surface area contributed by atoms with E-state index in [0.717, 1.165) is 5.56 Å². The summed E-state index contributed by atoms with van der Waals surface area (Å²) in [7, 11) is 3.23. The SMILES string of the molecule is CN=C(NCc1ccc(Cl)cc1OC)N1CCN(C(C)C(F)(F)F)CC1.I. The van der Waals surface area contributed by atoms with Gasteiger partial charge in [-0.1, -0.05) is 17.7 Å². The van der Waals surface area contributed by atoms with E-state index in [4.69, 9.17) is 16.3 Å². The minimum Gasteiger partial charge on any atom is -0.496 e. The third-order valence-electron chi connectivity index (χ3n) is 4.53. The number of ether oxygens (including phenoxy) is 1. The lowest BCUT2D eigenvalue weighted by Gasteiger charge is -2.39. The molecule has 27 heavy (non-hydrogen) atoms. The summed E-state index contributed by atoms with van der Waals surface area (Å²) in [4.78, 5) is 7.65. The van der Waals surface area contributed by atoms with Gasteiger partial charge in [-0.15, -0.1) is 24.0 Å². The normalized spacial score (nSPS) is 17.3. The standard InChI is InChI=1S/C17H24ClF3N4O.HI/c1-12(17(19,20)21)24-6-8-25(9-7-24)16(22-2)23-11-13-4-5-14(18)10-15(13)26-3;/h4-5,10,12H,6-9,11H2,1-3H3,(H,22,23);1H. The second kappa shape index (κ2) is 10.6. The van der Waals surface area contributed by atoms with Crippen molar-refractivity contribution in [2.75, 3.05) is 40.3 Å². The molecule has 1 saturated heterocycles. The number of nitrogens with zero attached hydrogens (tertiary/aromatic N) is 3. The highest BCUT2D eigenvalue weighted by Crippen LogP contribution is 2.25. The quantitative estimate of drug-likeness (QED) is 0.374. The molecule has 2 rings (SSSR count). The van der Waals surface area contributed by atoms with E-state index in [0.29, 0.717) is 49.5 Å². The number of guanidine groups is 1. The highest BCUT2D eigenvalue weighted by molar-refractivity contribution is 14.0. The van der Waals surface area contributed by atoms with E-state index < -0.39 is 12.2 Å². The first-order chi connectivity index (χ1) is 12.3. The highest BCUT2D eigenvalue weighted by Gasteiger charge is 2.41. The molecule has 1 aliphatic rings. The molecule has 1 atom stereocenters. The zero-order valence-corrected chi connectivity index (χ0v) is 18.6. The Hall–Kier alpha value is -0.940. The minimum atomic E-state index is -4.20. The molecule has 1 unspecified atom stereocenters. The third-order valence-corrected chi connectivity index (χ3v) is 4.77. The van der Waals surface area contributed by atoms with E-state index in [1.807, 2.05) is 11.0 Å². The number of benzene rings is 1. The average Bonchev–Trinajstić information content (AvgIpc) is 2.62. The van der Waals surface area contributed by atoms with Crippen molar-refractivity contribution in [2.24, 2.45) is 4.99 Å². The summed E-state index contributed by atoms with van der Waals surface area (Å²) < 4.78 is 43.9. The van der Waals surface area contributed by atoms with Crippen LogP contribution >= 0.6 is 35.6 Å². The molecule has 1 fully saturated rings. The van der Waals surface area contributed by atoms with Crippen molar-refractivity contribution >= 4 is 41.5 Å². The summed E-state index contributed by atoms with van der Waals surface area (Å²) in [5.74, 6) is 1.32. The molecular formula is C17H25ClF3IN4O. The van der Waals surface area contributed by atoms with E-state index >= 15 is 0 Å². The van der Waals surface area contributed by atoms with Gasteiger partial charge in [-0.2, -0.15) is 13.2 Å². The zero-order chi connectivity index (χ0) is 19.3. The van der Waals surface area contributed by atoms with Crippen molar-refractivity contribution in [3.63, 3.8) is 0 Å². The molecule has 0 saturated carbocycles. The highest BCUT2D eigenvalue weighted by atomic mass is 127. The van der Waals surface area contributed by atoms with Crippen LogP contribution in [0.3, 0.4) is 0 Å². The Kier molecular flexibility index (Phi) is 9.43. The lowest BCUT2D eigenvalue weighted by Crippen LogP contribution is -2.56. The van der Waals surface area contributed by atoms with Gasteiger partial charge in [0.25, 0.3) is 0 Å². The Labute approximate surface area is 179 Å². The maximum Gasteiger partial charge on any atom is 0.403 e. The molecule has 0 radical (unpaired) electrons. The van der Waals surface area contributed by atoms with Gasteiger partial charge in [0.05, 0.1) is 7.11 Å². The number of alkyl halides is 3. The van der Waals surface area contributed by atoms with Crippen LogP contribution in [-0.2, 0) is 6.54 Å². The monoisotopic (exact) mass is 520 g/mol. The summed E-state index contributed by atoms with van der Waals surface area (Å²) in [6.07, 6.45) is -4.20. The number of hydrogen-bond acceptors (Lipinski definition) is 3. The molecule has 1 N–H and O–H groups in total. The number of rotatable bonds is 4. The predicted octanol–water partition coefficient (Wildman–Crippen LogP) is 3.61. The number of aliphatic imine (C=N–C) groups is 1. The van der Waals surface area contributed by atoms with Gasteiger partial charge >= 0.3 is 6.18 Å². The van der Waals surface area contributed by atoms with Crippen LogP contribution in [0.1, 0.15) is 12.5 Å². The average molecular weight is 521 g/mol. The number of piperazine rings is 1. The Balaban J connectivity index is 0.00000364. The fraction of sp³-hybridized carbons (Fsp3) is 0.588. The van der Waals surface area contributed by atoms with Crippen molar-refractivity contribution in [1.29, 1.82) is 0 Å². The summed E-state index contributed by atoms with van der Waals surface area (Å²) in [5.41, 5.74) is 0.919. The molecule has 5 nitrogen and oxygen atoms in total. The first-order valence-corrected chi connectivity index (χ1v) is 8.72. The summed E-state index contributed by atoms with van der Waals surface area (Å²) >= 11 is 5.96. The topological polar surface area (TPSA) is 40.1 Å². The number of nitrogens with one attached hydrogen (secondary N) is 1. The van der Waals surface area contributed by atoms with Crippen LogP contribution in [0, 0.1) is 0 Å². The van der Waals surface area contributed by atoms with Crippen molar-refractivity contribution < 1.29 is 17.9 Å². The van der Waals surface area contributed by atoms with Gasteiger partial charge in [-0.25, -0.2) is 0 Å². The van der Waals surface area contributed by atoms with Crippen LogP contribution in [0.5, 0.6) is 5.75 Å². The largest absolute Gasteiger partial charge is 0.496 e. The van der Waals surface area contributed by atoms with Gasteiger partial charge in [-0.05, 0) is 19.1 Å². The third kappa shape index (κ3) is 6.56. The van der Waals surface area contributed by atoms with Crippen molar-refractivity contribution in [1.82, 2.24) is 15.1 Å². The van der Waals surface area contributed by atoms with E-state index in [1.165, 1.54) is 11.8 Å². The molecule has 1 aromatic carbocycles. The lowest BCUT2D eigenvalue weighted by molar-refractivity contribution is -0.181. The molecule has 0 aliphatic carbocycles. The van der Waals surface area contributed by atoms with Gasteiger partial charge < -0.3 is 15.0 Å². The fourth-order valence-corrected chi connectivity index (χ4v) is 3.06. The van der Waals surface area contributed by atoms with Gasteiger partial charge in [0.15, 0.2) is 5.96 Å². The molecule has 0 amide bonds. The predicted molar refractivity (Wildman–Crippen MR) is 112 cm³/mol. The molecule has 0 spiro atoms. The first-order valence-electron chi connectivity index (χ1n) is 8.35. The van der Waals surface area contributed by atoms with Crippen molar-refractivity contribution in [2.45, 2.75) is 25.7 Å². The molecule has 0 bridgehead atoms. The van der Waals surface area contributed by atoms with Crippen LogP contribution in [0.2, 0.25) is 5.02 Å². The Bertz CT molecular complexity index is 637. The van der Waals surface area contributed by atoms with Crippen molar-refractivity contribution in [3.05, 3.63) is 28.8 Å². The van der Waals surface area contributed by atoms with Crippen LogP contribution in [0.4, 0.5) is 13.2 Å². The Morgan fingerprint density at radius 1 is 1.30 bits per heavy atom. The number of methoxy groups -OCH3 is 1. The fourth-order valence-electron chi connectivity index (χ4n) is 2.90. The summed E-state index contributed by atoms with van der Waals surface area (Å²) in [5, 5.41) is 3.82. The maximum atomic E-state index is 12.9. The second-order valence-electron chi connectivity index (χ2n) is 6.10. The number of halogens is 5. The zero-order valence-electron chi connectivity index (χ0n) is 15.5. The van der Waals surface area contributed by atoms with E-state index in [1.54, 1.807) is 26.3 Å². The Morgan fingerprint density at radius 2 is 1.93 bits per heavy atom. The smallest absolute Gasteiger partial charge is 0.403 e. The molecule has 1 heterocycles. The molecule has 1 aromatic rings. The second-order valence-corrected chi connectivity index (χ2v) is 6.53. The van der Waals surface area contributed by atoms with Crippen LogP contribution < -0.4 is 10.1 Å². The molecule has 0 aromatic heterocycles.